The van der Waals surface area contributed by atoms with Crippen LogP contribution in [0.5, 0.6) is 5.75 Å². The molecule has 2 atom stereocenters. The molecule has 0 saturated carbocycles. The summed E-state index contributed by atoms with van der Waals surface area (Å²) in [6.07, 6.45) is 4.14. The minimum Gasteiger partial charge on any atom is -0.508 e. The van der Waals surface area contributed by atoms with Crippen molar-refractivity contribution in [3.8, 4) is 5.75 Å². The second-order valence-corrected chi connectivity index (χ2v) is 9.72. The Bertz CT molecular complexity index is 1240. The van der Waals surface area contributed by atoms with E-state index in [1.165, 1.54) is 16.8 Å². The normalized spacial score (nSPS) is 21.5. The molecule has 5 rings (SSSR count). The Morgan fingerprint density at radius 1 is 1.06 bits per heavy atom. The zero-order valence-electron chi connectivity index (χ0n) is 19.3. The fourth-order valence-corrected chi connectivity index (χ4v) is 5.29. The van der Waals surface area contributed by atoms with Crippen LogP contribution < -0.4 is 15.1 Å². The maximum absolute atomic E-state index is 9.82. The number of phenols is 1. The number of benzene rings is 2. The van der Waals surface area contributed by atoms with Gasteiger partial charge < -0.3 is 20.2 Å². The number of aromatic hydroxyl groups is 1. The van der Waals surface area contributed by atoms with Gasteiger partial charge in [-0.2, -0.15) is 0 Å². The number of aromatic nitrogens is 1. The molecule has 0 amide bonds. The molecule has 1 fully saturated rings. The number of anilines is 2. The second-order valence-electron chi connectivity index (χ2n) is 9.33. The largest absolute Gasteiger partial charge is 0.508 e. The molecule has 33 heavy (non-hydrogen) atoms. The van der Waals surface area contributed by atoms with E-state index in [1.54, 1.807) is 12.1 Å². The molecule has 0 spiro atoms. The zero-order chi connectivity index (χ0) is 23.3. The van der Waals surface area contributed by atoms with Crippen LogP contribution in [0.4, 0.5) is 11.4 Å². The molecule has 3 aromatic rings. The van der Waals surface area contributed by atoms with E-state index in [9.17, 15) is 5.11 Å². The number of rotatable bonds is 3. The predicted octanol–water partition coefficient (Wildman–Crippen LogP) is 5.60. The number of phenolic OH excluding ortho intramolecular Hbond substituents is 1. The summed E-state index contributed by atoms with van der Waals surface area (Å²) in [5.41, 5.74) is 6.72. The number of nitrogens with one attached hydrogen (secondary N) is 1. The fraction of sp³-hybridized carbons (Fsp3) is 0.259. The van der Waals surface area contributed by atoms with E-state index in [4.69, 9.17) is 12.2 Å². The van der Waals surface area contributed by atoms with Crippen molar-refractivity contribution < 1.29 is 5.11 Å². The number of likely N-dealkylation sites (N-methyl/N-ethyl adjacent to an activating group) is 1. The first kappa shape index (κ1) is 21.5. The molecule has 2 aliphatic heterocycles. The van der Waals surface area contributed by atoms with E-state index < -0.39 is 0 Å². The fourth-order valence-electron chi connectivity index (χ4n) is 4.95. The first-order chi connectivity index (χ1) is 15.8. The number of hydrogen-bond donors (Lipinski definition) is 2. The Kier molecular flexibility index (Phi) is 5.13. The quantitative estimate of drug-likeness (QED) is 0.501. The van der Waals surface area contributed by atoms with Crippen LogP contribution in [0.15, 0.2) is 72.9 Å². The molecule has 6 heteroatoms. The van der Waals surface area contributed by atoms with Gasteiger partial charge in [-0.1, -0.05) is 18.2 Å². The number of nitrogens with zero attached hydrogens (tertiary/aromatic N) is 3. The van der Waals surface area contributed by atoms with Gasteiger partial charge in [-0.05, 0) is 92.7 Å². The molecule has 168 valence electrons. The van der Waals surface area contributed by atoms with E-state index >= 15 is 0 Å². The summed E-state index contributed by atoms with van der Waals surface area (Å²) >= 11 is 5.81. The SMILES string of the molecule is CC1=CC(C)(C)N(C)c2ccc([C@@H]3[C@@H](c4ccccn4)NC(=S)N3c3ccc(O)cc3)cc21. The van der Waals surface area contributed by atoms with Crippen LogP contribution in [-0.2, 0) is 0 Å². The van der Waals surface area contributed by atoms with E-state index in [0.717, 1.165) is 16.9 Å². The molecule has 1 saturated heterocycles. The molecule has 0 aliphatic carbocycles. The number of fused-ring (bicyclic) bond motifs is 1. The van der Waals surface area contributed by atoms with Crippen molar-refractivity contribution in [2.75, 3.05) is 16.8 Å². The second kappa shape index (κ2) is 7.89. The number of allylic oxidation sites excluding steroid dienone is 1. The highest BCUT2D eigenvalue weighted by Crippen LogP contribution is 2.45. The standard InChI is InChI=1S/C27H28N4OS/c1-17-16-27(2,3)30(4)23-13-8-18(15-21(17)23)25-24(22-7-5-6-14-28-22)29-26(33)31(25)19-9-11-20(32)12-10-19/h5-16,24-25,32H,1-4H3,(H,29,33)/t24-,25-/m1/s1. The third kappa shape index (κ3) is 3.64. The lowest BCUT2D eigenvalue weighted by atomic mass is 9.86. The third-order valence-electron chi connectivity index (χ3n) is 6.81. The minimum atomic E-state index is -0.104. The van der Waals surface area contributed by atoms with E-state index in [1.807, 2.05) is 36.5 Å². The van der Waals surface area contributed by atoms with Crippen molar-refractivity contribution in [1.82, 2.24) is 10.3 Å². The maximum Gasteiger partial charge on any atom is 0.174 e. The van der Waals surface area contributed by atoms with Crippen molar-refractivity contribution in [3.05, 3.63) is 89.8 Å². The Balaban J connectivity index is 1.65. The number of pyridine rings is 1. The lowest BCUT2D eigenvalue weighted by Crippen LogP contribution is -2.42. The third-order valence-corrected chi connectivity index (χ3v) is 7.12. The van der Waals surface area contributed by atoms with Gasteiger partial charge in [0, 0.05) is 30.2 Å². The molecule has 0 bridgehead atoms. The van der Waals surface area contributed by atoms with Gasteiger partial charge >= 0.3 is 0 Å². The molecule has 0 unspecified atom stereocenters. The van der Waals surface area contributed by atoms with Crippen molar-refractivity contribution >= 4 is 34.3 Å². The topological polar surface area (TPSA) is 51.6 Å². The van der Waals surface area contributed by atoms with E-state index in [2.05, 4.69) is 72.2 Å². The van der Waals surface area contributed by atoms with E-state index in [0.29, 0.717) is 5.11 Å². The van der Waals surface area contributed by atoms with Gasteiger partial charge in [-0.15, -0.1) is 0 Å². The van der Waals surface area contributed by atoms with Crippen molar-refractivity contribution in [1.29, 1.82) is 0 Å². The summed E-state index contributed by atoms with van der Waals surface area (Å²) in [6.45, 7) is 6.65. The Morgan fingerprint density at radius 2 is 1.82 bits per heavy atom. The summed E-state index contributed by atoms with van der Waals surface area (Å²) in [5.74, 6) is 0.231. The average molecular weight is 457 g/mol. The van der Waals surface area contributed by atoms with Gasteiger partial charge in [0.15, 0.2) is 5.11 Å². The first-order valence-electron chi connectivity index (χ1n) is 11.1. The van der Waals surface area contributed by atoms with Gasteiger partial charge in [0.2, 0.25) is 0 Å². The highest BCUT2D eigenvalue weighted by molar-refractivity contribution is 7.80. The summed E-state index contributed by atoms with van der Waals surface area (Å²) in [5, 5.41) is 14.0. The monoisotopic (exact) mass is 456 g/mol. The molecule has 2 aromatic carbocycles. The summed E-state index contributed by atoms with van der Waals surface area (Å²) in [6, 6.07) is 19.7. The molecular formula is C27H28N4OS. The van der Waals surface area contributed by atoms with Crippen LogP contribution in [0.25, 0.3) is 5.57 Å². The average Bonchev–Trinajstić information content (AvgIpc) is 3.15. The van der Waals surface area contributed by atoms with Crippen LogP contribution in [0.2, 0.25) is 0 Å². The lowest BCUT2D eigenvalue weighted by molar-refractivity contribution is 0.475. The number of thiocarbonyl (C=S) groups is 1. The van der Waals surface area contributed by atoms with Crippen molar-refractivity contribution in [2.24, 2.45) is 0 Å². The summed E-state index contributed by atoms with van der Waals surface area (Å²) in [7, 11) is 2.15. The molecule has 5 nitrogen and oxygen atoms in total. The Labute approximate surface area is 200 Å². The number of hydrogen-bond acceptors (Lipinski definition) is 4. The first-order valence-corrected chi connectivity index (χ1v) is 11.5. The lowest BCUT2D eigenvalue weighted by Gasteiger charge is -2.41. The van der Waals surface area contributed by atoms with Gasteiger partial charge in [0.1, 0.15) is 5.75 Å². The summed E-state index contributed by atoms with van der Waals surface area (Å²) < 4.78 is 0. The van der Waals surface area contributed by atoms with Crippen LogP contribution in [0.3, 0.4) is 0 Å². The molecular weight excluding hydrogens is 428 g/mol. The van der Waals surface area contributed by atoms with Crippen LogP contribution in [-0.4, -0.2) is 27.8 Å². The van der Waals surface area contributed by atoms with Gasteiger partial charge in [0.05, 0.1) is 23.3 Å². The van der Waals surface area contributed by atoms with Crippen molar-refractivity contribution in [3.63, 3.8) is 0 Å². The van der Waals surface area contributed by atoms with E-state index in [-0.39, 0.29) is 23.4 Å². The van der Waals surface area contributed by atoms with Gasteiger partial charge in [-0.3, -0.25) is 4.98 Å². The minimum absolute atomic E-state index is 0.0380. The van der Waals surface area contributed by atoms with Crippen LogP contribution in [0.1, 0.15) is 49.7 Å². The molecule has 2 aliphatic rings. The van der Waals surface area contributed by atoms with Crippen LogP contribution >= 0.6 is 12.2 Å². The summed E-state index contributed by atoms with van der Waals surface area (Å²) in [4.78, 5) is 9.09. The Morgan fingerprint density at radius 3 is 2.52 bits per heavy atom. The van der Waals surface area contributed by atoms with Gasteiger partial charge in [-0.25, -0.2) is 0 Å². The van der Waals surface area contributed by atoms with Crippen LogP contribution in [0, 0.1) is 0 Å². The highest BCUT2D eigenvalue weighted by Gasteiger charge is 2.41. The molecule has 2 N–H and O–H groups in total. The Hall–Kier alpha value is -3.38. The van der Waals surface area contributed by atoms with Gasteiger partial charge in [0.25, 0.3) is 0 Å². The maximum atomic E-state index is 9.82. The predicted molar refractivity (Wildman–Crippen MR) is 139 cm³/mol. The smallest absolute Gasteiger partial charge is 0.174 e. The van der Waals surface area contributed by atoms with Crippen molar-refractivity contribution in [2.45, 2.75) is 38.4 Å². The molecule has 1 aromatic heterocycles. The molecule has 3 heterocycles. The molecule has 0 radical (unpaired) electrons. The zero-order valence-corrected chi connectivity index (χ0v) is 20.1. The highest BCUT2D eigenvalue weighted by atomic mass is 32.1.